The molecule has 0 aromatic rings. The van der Waals surface area contributed by atoms with E-state index in [1.165, 1.54) is 0 Å². The molecule has 0 bridgehead atoms. The Morgan fingerprint density at radius 2 is 2.20 bits per heavy atom. The van der Waals surface area contributed by atoms with Crippen LogP contribution in [0, 0.1) is 0 Å². The SMILES string of the molecule is CCC[C@@H](Br)[C@@H](O)C(=O)O. The number of aliphatic hydroxyl groups excluding tert-OH is 1. The molecule has 0 aromatic carbocycles. The fourth-order valence-electron chi connectivity index (χ4n) is 0.588. The maximum absolute atomic E-state index is 10.1. The van der Waals surface area contributed by atoms with Crippen LogP contribution in [0.1, 0.15) is 19.8 Å². The summed E-state index contributed by atoms with van der Waals surface area (Å²) in [7, 11) is 0. The molecule has 0 amide bonds. The van der Waals surface area contributed by atoms with Crippen molar-refractivity contribution < 1.29 is 15.0 Å². The zero-order chi connectivity index (χ0) is 8.15. The van der Waals surface area contributed by atoms with Crippen LogP contribution in [-0.2, 0) is 4.79 Å². The van der Waals surface area contributed by atoms with E-state index in [0.717, 1.165) is 6.42 Å². The van der Waals surface area contributed by atoms with Crippen molar-refractivity contribution in [2.24, 2.45) is 0 Å². The predicted molar refractivity (Wildman–Crippen MR) is 41.3 cm³/mol. The number of aliphatic carboxylic acids is 1. The fourth-order valence-corrected chi connectivity index (χ4v) is 1.27. The monoisotopic (exact) mass is 210 g/mol. The molecule has 0 spiro atoms. The maximum Gasteiger partial charge on any atom is 0.333 e. The highest BCUT2D eigenvalue weighted by Crippen LogP contribution is 2.12. The van der Waals surface area contributed by atoms with Gasteiger partial charge in [0.1, 0.15) is 0 Å². The lowest BCUT2D eigenvalue weighted by Crippen LogP contribution is -2.29. The molecule has 0 radical (unpaired) electrons. The Morgan fingerprint density at radius 3 is 2.50 bits per heavy atom. The lowest BCUT2D eigenvalue weighted by Gasteiger charge is -2.10. The van der Waals surface area contributed by atoms with Crippen molar-refractivity contribution in [1.29, 1.82) is 0 Å². The molecular weight excluding hydrogens is 200 g/mol. The van der Waals surface area contributed by atoms with Crippen LogP contribution >= 0.6 is 15.9 Å². The second kappa shape index (κ2) is 4.68. The first-order chi connectivity index (χ1) is 4.59. The van der Waals surface area contributed by atoms with Gasteiger partial charge in [-0.05, 0) is 6.42 Å². The second-order valence-electron chi connectivity index (χ2n) is 2.09. The summed E-state index contributed by atoms with van der Waals surface area (Å²) in [6, 6.07) is 0. The Bertz CT molecular complexity index is 116. The largest absolute Gasteiger partial charge is 0.479 e. The quantitative estimate of drug-likeness (QED) is 0.682. The van der Waals surface area contributed by atoms with Gasteiger partial charge in [0.25, 0.3) is 0 Å². The number of rotatable bonds is 4. The molecule has 0 rings (SSSR count). The first kappa shape index (κ1) is 9.91. The van der Waals surface area contributed by atoms with Crippen molar-refractivity contribution >= 4 is 21.9 Å². The normalized spacial score (nSPS) is 16.3. The van der Waals surface area contributed by atoms with Gasteiger partial charge in [-0.25, -0.2) is 4.79 Å². The van der Waals surface area contributed by atoms with Crippen molar-refractivity contribution in [2.45, 2.75) is 30.7 Å². The number of carboxylic acids is 1. The minimum Gasteiger partial charge on any atom is -0.479 e. The van der Waals surface area contributed by atoms with Crippen molar-refractivity contribution in [2.75, 3.05) is 0 Å². The minimum absolute atomic E-state index is 0.324. The number of aliphatic hydroxyl groups is 1. The van der Waals surface area contributed by atoms with Crippen molar-refractivity contribution in [3.63, 3.8) is 0 Å². The lowest BCUT2D eigenvalue weighted by molar-refractivity contribution is -0.146. The van der Waals surface area contributed by atoms with E-state index in [0.29, 0.717) is 6.42 Å². The molecule has 0 saturated carbocycles. The average Bonchev–Trinajstić information content (AvgIpc) is 1.87. The molecule has 10 heavy (non-hydrogen) atoms. The van der Waals surface area contributed by atoms with Crippen molar-refractivity contribution in [3.8, 4) is 0 Å². The molecule has 4 heteroatoms. The van der Waals surface area contributed by atoms with Crippen LogP contribution in [-0.4, -0.2) is 27.1 Å². The van der Waals surface area contributed by atoms with E-state index in [-0.39, 0.29) is 4.83 Å². The highest BCUT2D eigenvalue weighted by Gasteiger charge is 2.21. The standard InChI is InChI=1S/C6H11BrO3/c1-2-3-4(7)5(8)6(9)10/h4-5,8H,2-3H2,1H3,(H,9,10)/t4-,5-/m1/s1. The smallest absolute Gasteiger partial charge is 0.333 e. The molecule has 2 N–H and O–H groups in total. The number of hydrogen-bond donors (Lipinski definition) is 2. The van der Waals surface area contributed by atoms with Crippen molar-refractivity contribution in [1.82, 2.24) is 0 Å². The highest BCUT2D eigenvalue weighted by molar-refractivity contribution is 9.09. The summed E-state index contributed by atoms with van der Waals surface area (Å²) in [5.41, 5.74) is 0. The van der Waals surface area contributed by atoms with E-state index in [1.54, 1.807) is 0 Å². The van der Waals surface area contributed by atoms with E-state index >= 15 is 0 Å². The zero-order valence-corrected chi connectivity index (χ0v) is 7.34. The van der Waals surface area contributed by atoms with Crippen LogP contribution in [0.2, 0.25) is 0 Å². The topological polar surface area (TPSA) is 57.5 Å². The summed E-state index contributed by atoms with van der Waals surface area (Å²) in [6.07, 6.45) is 0.258. The molecule has 0 saturated heterocycles. The van der Waals surface area contributed by atoms with Gasteiger partial charge in [-0.15, -0.1) is 0 Å². The number of carbonyl (C=O) groups is 1. The van der Waals surface area contributed by atoms with Gasteiger partial charge in [-0.2, -0.15) is 0 Å². The zero-order valence-electron chi connectivity index (χ0n) is 5.75. The van der Waals surface area contributed by atoms with Crippen LogP contribution in [0.3, 0.4) is 0 Å². The van der Waals surface area contributed by atoms with Gasteiger partial charge in [0.15, 0.2) is 6.10 Å². The summed E-state index contributed by atoms with van der Waals surface area (Å²) < 4.78 is 0. The molecule has 0 unspecified atom stereocenters. The summed E-state index contributed by atoms with van der Waals surface area (Å²) in [5, 5.41) is 17.2. The van der Waals surface area contributed by atoms with E-state index in [4.69, 9.17) is 10.2 Å². The third-order valence-electron chi connectivity index (χ3n) is 1.16. The maximum atomic E-state index is 10.1. The lowest BCUT2D eigenvalue weighted by atomic mass is 10.2. The van der Waals surface area contributed by atoms with Crippen LogP contribution < -0.4 is 0 Å². The molecular formula is C6H11BrO3. The fraction of sp³-hybridized carbons (Fsp3) is 0.833. The molecule has 0 aliphatic carbocycles. The van der Waals surface area contributed by atoms with Crippen LogP contribution in [0.5, 0.6) is 0 Å². The Hall–Kier alpha value is -0.0900. The average molecular weight is 211 g/mol. The molecule has 2 atom stereocenters. The molecule has 0 aliphatic rings. The van der Waals surface area contributed by atoms with E-state index in [1.807, 2.05) is 6.92 Å². The second-order valence-corrected chi connectivity index (χ2v) is 3.26. The van der Waals surface area contributed by atoms with Gasteiger partial charge >= 0.3 is 5.97 Å². The van der Waals surface area contributed by atoms with Gasteiger partial charge in [0, 0.05) is 0 Å². The van der Waals surface area contributed by atoms with E-state index in [2.05, 4.69) is 15.9 Å². The third kappa shape index (κ3) is 3.17. The van der Waals surface area contributed by atoms with Gasteiger partial charge in [0.2, 0.25) is 0 Å². The summed E-state index contributed by atoms with van der Waals surface area (Å²) in [5.74, 6) is -1.17. The Morgan fingerprint density at radius 1 is 1.70 bits per heavy atom. The number of hydrogen-bond acceptors (Lipinski definition) is 2. The van der Waals surface area contributed by atoms with E-state index in [9.17, 15) is 4.79 Å². The number of carboxylic acid groups (broad SMARTS) is 1. The predicted octanol–water partition coefficient (Wildman–Crippen LogP) is 0.995. The number of alkyl halides is 1. The third-order valence-corrected chi connectivity index (χ3v) is 2.12. The van der Waals surface area contributed by atoms with Crippen LogP contribution in [0.4, 0.5) is 0 Å². The van der Waals surface area contributed by atoms with Crippen molar-refractivity contribution in [3.05, 3.63) is 0 Å². The Balaban J connectivity index is 3.69. The Kier molecular flexibility index (Phi) is 4.64. The molecule has 0 heterocycles. The first-order valence-electron chi connectivity index (χ1n) is 3.14. The molecule has 60 valence electrons. The van der Waals surface area contributed by atoms with Gasteiger partial charge in [-0.3, -0.25) is 0 Å². The van der Waals surface area contributed by atoms with Gasteiger partial charge < -0.3 is 10.2 Å². The van der Waals surface area contributed by atoms with E-state index < -0.39 is 12.1 Å². The molecule has 3 nitrogen and oxygen atoms in total. The molecule has 0 aliphatic heterocycles. The summed E-state index contributed by atoms with van der Waals surface area (Å²) >= 11 is 3.07. The highest BCUT2D eigenvalue weighted by atomic mass is 79.9. The number of halogens is 1. The van der Waals surface area contributed by atoms with Crippen LogP contribution in [0.25, 0.3) is 0 Å². The summed E-state index contributed by atoms with van der Waals surface area (Å²) in [4.78, 5) is 9.81. The Labute approximate surface area is 68.2 Å². The van der Waals surface area contributed by atoms with Crippen LogP contribution in [0.15, 0.2) is 0 Å². The molecule has 0 fully saturated rings. The summed E-state index contributed by atoms with van der Waals surface area (Å²) in [6.45, 7) is 1.93. The minimum atomic E-state index is -1.28. The first-order valence-corrected chi connectivity index (χ1v) is 4.06. The van der Waals surface area contributed by atoms with Gasteiger partial charge in [0.05, 0.1) is 4.83 Å². The molecule has 0 aromatic heterocycles. The van der Waals surface area contributed by atoms with Gasteiger partial charge in [-0.1, -0.05) is 29.3 Å².